The van der Waals surface area contributed by atoms with Crippen LogP contribution in [0.4, 0.5) is 0 Å². The first-order valence-corrected chi connectivity index (χ1v) is 5.71. The molecule has 0 bridgehead atoms. The van der Waals surface area contributed by atoms with Crippen molar-refractivity contribution in [3.8, 4) is 0 Å². The van der Waals surface area contributed by atoms with Gasteiger partial charge in [0.05, 0.1) is 6.10 Å². The van der Waals surface area contributed by atoms with Crippen molar-refractivity contribution < 1.29 is 5.11 Å². The third-order valence-electron chi connectivity index (χ3n) is 2.77. The minimum absolute atomic E-state index is 0.145. The lowest BCUT2D eigenvalue weighted by Gasteiger charge is -2.22. The molecule has 16 heavy (non-hydrogen) atoms. The minimum Gasteiger partial charge on any atom is -0.388 e. The fourth-order valence-electron chi connectivity index (χ4n) is 1.98. The van der Waals surface area contributed by atoms with Crippen LogP contribution >= 0.6 is 0 Å². The molecule has 0 aliphatic carbocycles. The summed E-state index contributed by atoms with van der Waals surface area (Å²) in [5, 5.41) is 11.3. The quantitative estimate of drug-likeness (QED) is 0.791. The van der Waals surface area contributed by atoms with Crippen molar-refractivity contribution in [1.29, 1.82) is 0 Å². The Bertz CT molecular complexity index is 479. The summed E-state index contributed by atoms with van der Waals surface area (Å²) in [5.41, 5.74) is 2.26. The van der Waals surface area contributed by atoms with Gasteiger partial charge in [-0.2, -0.15) is 0 Å². The van der Waals surface area contributed by atoms with Crippen molar-refractivity contribution in [1.82, 2.24) is 4.98 Å². The monoisotopic (exact) mass is 217 g/mol. The van der Waals surface area contributed by atoms with E-state index in [9.17, 15) is 5.11 Å². The van der Waals surface area contributed by atoms with Crippen LogP contribution in [0.1, 0.15) is 38.9 Å². The van der Waals surface area contributed by atoms with Gasteiger partial charge in [0.2, 0.25) is 0 Å². The van der Waals surface area contributed by atoms with Crippen molar-refractivity contribution in [3.63, 3.8) is 0 Å². The minimum atomic E-state index is -0.376. The van der Waals surface area contributed by atoms with E-state index in [-0.39, 0.29) is 11.5 Å². The Morgan fingerprint density at radius 2 is 2.00 bits per heavy atom. The predicted molar refractivity (Wildman–Crippen MR) is 67.3 cm³/mol. The Morgan fingerprint density at radius 3 is 2.69 bits per heavy atom. The zero-order chi connectivity index (χ0) is 11.8. The third-order valence-corrected chi connectivity index (χ3v) is 2.77. The topological polar surface area (TPSA) is 36.0 Å². The zero-order valence-electron chi connectivity index (χ0n) is 10.1. The van der Waals surface area contributed by atoms with E-state index < -0.39 is 0 Å². The van der Waals surface area contributed by atoms with E-state index in [0.717, 1.165) is 22.9 Å². The fraction of sp³-hybridized carbons (Fsp3) is 0.429. The summed E-state index contributed by atoms with van der Waals surface area (Å²) in [6.07, 6.45) is 2.33. The van der Waals surface area contributed by atoms with Gasteiger partial charge in [-0.1, -0.05) is 26.8 Å². The summed E-state index contributed by atoms with van der Waals surface area (Å²) in [7, 11) is 0. The smallest absolute Gasteiger partial charge is 0.0795 e. The van der Waals surface area contributed by atoms with Crippen LogP contribution in [0.5, 0.6) is 0 Å². The number of hydrogen-bond acceptors (Lipinski definition) is 1. The zero-order valence-corrected chi connectivity index (χ0v) is 10.1. The molecule has 0 aliphatic rings. The molecule has 0 fully saturated rings. The van der Waals surface area contributed by atoms with E-state index in [2.05, 4.69) is 31.8 Å². The van der Waals surface area contributed by atoms with Crippen molar-refractivity contribution in [2.45, 2.75) is 33.3 Å². The Balaban J connectivity index is 2.25. The Kier molecular flexibility index (Phi) is 2.76. The maximum atomic E-state index is 10.1. The summed E-state index contributed by atoms with van der Waals surface area (Å²) in [6, 6.07) is 8.11. The first kappa shape index (κ1) is 11.2. The van der Waals surface area contributed by atoms with E-state index in [1.165, 1.54) is 0 Å². The molecule has 2 aromatic rings. The van der Waals surface area contributed by atoms with Crippen LogP contribution in [0.3, 0.4) is 0 Å². The third kappa shape index (κ3) is 2.45. The fourth-order valence-corrected chi connectivity index (χ4v) is 1.98. The number of benzene rings is 1. The summed E-state index contributed by atoms with van der Waals surface area (Å²) in [4.78, 5) is 3.15. The number of aliphatic hydroxyl groups excluding tert-OH is 1. The molecule has 0 spiro atoms. The molecule has 86 valence electrons. The number of H-pyrrole nitrogens is 1. The normalized spacial score (nSPS) is 14.2. The lowest BCUT2D eigenvalue weighted by molar-refractivity contribution is 0.122. The predicted octanol–water partition coefficient (Wildman–Crippen LogP) is 3.64. The molecule has 0 aliphatic heterocycles. The van der Waals surface area contributed by atoms with Gasteiger partial charge in [0, 0.05) is 11.7 Å². The van der Waals surface area contributed by atoms with Gasteiger partial charge in [0.25, 0.3) is 0 Å². The number of fused-ring (bicyclic) bond motifs is 1. The maximum absolute atomic E-state index is 10.1. The second-order valence-corrected chi connectivity index (χ2v) is 5.60. The van der Waals surface area contributed by atoms with E-state index in [1.807, 2.05) is 24.4 Å². The van der Waals surface area contributed by atoms with E-state index in [4.69, 9.17) is 0 Å². The van der Waals surface area contributed by atoms with Gasteiger partial charge in [-0.15, -0.1) is 0 Å². The average molecular weight is 217 g/mol. The van der Waals surface area contributed by atoms with Crippen LogP contribution in [0.2, 0.25) is 0 Å². The highest BCUT2D eigenvalue weighted by Gasteiger charge is 2.18. The number of aromatic amines is 1. The molecule has 0 saturated carbocycles. The molecule has 2 nitrogen and oxygen atoms in total. The molecule has 1 aromatic heterocycles. The van der Waals surface area contributed by atoms with Gasteiger partial charge in [-0.25, -0.2) is 0 Å². The largest absolute Gasteiger partial charge is 0.388 e. The van der Waals surface area contributed by atoms with Crippen LogP contribution in [-0.2, 0) is 0 Å². The average Bonchev–Trinajstić information content (AvgIpc) is 2.61. The van der Waals surface area contributed by atoms with Crippen molar-refractivity contribution in [3.05, 3.63) is 36.0 Å². The summed E-state index contributed by atoms with van der Waals surface area (Å²) in [5.74, 6) is 0. The molecule has 1 unspecified atom stereocenters. The van der Waals surface area contributed by atoms with Crippen molar-refractivity contribution in [2.75, 3.05) is 0 Å². The summed E-state index contributed by atoms with van der Waals surface area (Å²) >= 11 is 0. The molecular weight excluding hydrogens is 198 g/mol. The number of aromatic nitrogens is 1. The molecule has 0 amide bonds. The highest BCUT2D eigenvalue weighted by molar-refractivity contribution is 5.79. The highest BCUT2D eigenvalue weighted by Crippen LogP contribution is 2.30. The number of rotatable bonds is 2. The van der Waals surface area contributed by atoms with Crippen LogP contribution in [-0.4, -0.2) is 10.1 Å². The second-order valence-electron chi connectivity index (χ2n) is 5.60. The maximum Gasteiger partial charge on any atom is 0.0795 e. The van der Waals surface area contributed by atoms with Crippen LogP contribution in [0, 0.1) is 5.41 Å². The van der Waals surface area contributed by atoms with Gasteiger partial charge in [-0.05, 0) is 41.0 Å². The molecular formula is C14H19NO. The van der Waals surface area contributed by atoms with Gasteiger partial charge >= 0.3 is 0 Å². The van der Waals surface area contributed by atoms with E-state index >= 15 is 0 Å². The molecule has 2 N–H and O–H groups in total. The molecule has 1 heterocycles. The van der Waals surface area contributed by atoms with Gasteiger partial charge in [0.15, 0.2) is 0 Å². The first-order valence-electron chi connectivity index (χ1n) is 5.71. The molecule has 1 aromatic carbocycles. The first-order chi connectivity index (χ1) is 7.46. The summed E-state index contributed by atoms with van der Waals surface area (Å²) < 4.78 is 0. The van der Waals surface area contributed by atoms with Crippen LogP contribution < -0.4 is 0 Å². The van der Waals surface area contributed by atoms with Crippen molar-refractivity contribution in [2.24, 2.45) is 5.41 Å². The van der Waals surface area contributed by atoms with Gasteiger partial charge < -0.3 is 10.1 Å². The van der Waals surface area contributed by atoms with E-state index in [0.29, 0.717) is 0 Å². The van der Waals surface area contributed by atoms with Crippen molar-refractivity contribution >= 4 is 10.9 Å². The molecule has 0 saturated heterocycles. The second kappa shape index (κ2) is 3.95. The number of nitrogens with one attached hydrogen (secondary N) is 1. The highest BCUT2D eigenvalue weighted by atomic mass is 16.3. The molecule has 1 atom stereocenters. The van der Waals surface area contributed by atoms with Gasteiger partial charge in [0.1, 0.15) is 0 Å². The summed E-state index contributed by atoms with van der Waals surface area (Å²) in [6.45, 7) is 6.43. The lowest BCUT2D eigenvalue weighted by atomic mass is 9.87. The van der Waals surface area contributed by atoms with Crippen LogP contribution in [0.25, 0.3) is 10.9 Å². The standard InChI is InChI=1S/C14H19NO/c1-14(2,3)9-13(16)11-4-5-12-10(8-11)6-7-15-12/h4-8,13,15-16H,9H2,1-3H3. The van der Waals surface area contributed by atoms with E-state index in [1.54, 1.807) is 0 Å². The lowest BCUT2D eigenvalue weighted by Crippen LogP contribution is -2.11. The number of aliphatic hydroxyl groups is 1. The SMILES string of the molecule is CC(C)(C)CC(O)c1ccc2[nH]ccc2c1. The Morgan fingerprint density at radius 1 is 1.25 bits per heavy atom. The Hall–Kier alpha value is -1.28. The molecule has 2 heteroatoms. The molecule has 2 rings (SSSR count). The Labute approximate surface area is 96.3 Å². The molecule has 0 radical (unpaired) electrons. The number of hydrogen-bond donors (Lipinski definition) is 2. The van der Waals surface area contributed by atoms with Crippen LogP contribution in [0.15, 0.2) is 30.5 Å². The van der Waals surface area contributed by atoms with Gasteiger partial charge in [-0.3, -0.25) is 0 Å².